The zero-order valence-corrected chi connectivity index (χ0v) is 15.2. The van der Waals surface area contributed by atoms with E-state index in [2.05, 4.69) is 62.4 Å². The van der Waals surface area contributed by atoms with E-state index in [4.69, 9.17) is 5.73 Å². The monoisotopic (exact) mass is 321 g/mol. The fourth-order valence-electron chi connectivity index (χ4n) is 4.30. The van der Waals surface area contributed by atoms with E-state index >= 15 is 0 Å². The Hall–Kier alpha value is -1.76. The lowest BCUT2D eigenvalue weighted by atomic mass is 9.67. The first-order valence-corrected chi connectivity index (χ1v) is 9.52. The van der Waals surface area contributed by atoms with Crippen LogP contribution in [0.5, 0.6) is 0 Å². The summed E-state index contributed by atoms with van der Waals surface area (Å²) in [7, 11) is 0. The zero-order chi connectivity index (χ0) is 17.0. The molecule has 0 amide bonds. The number of nitrogen functional groups attached to an aromatic ring is 1. The summed E-state index contributed by atoms with van der Waals surface area (Å²) >= 11 is 0. The molecule has 0 radical (unpaired) electrons. The molecule has 0 spiro atoms. The summed E-state index contributed by atoms with van der Waals surface area (Å²) < 4.78 is 0. The van der Waals surface area contributed by atoms with Crippen molar-refractivity contribution in [2.45, 2.75) is 64.7 Å². The molecule has 0 heterocycles. The van der Waals surface area contributed by atoms with Gasteiger partial charge in [-0.1, -0.05) is 62.7 Å². The van der Waals surface area contributed by atoms with E-state index in [1.165, 1.54) is 48.8 Å². The van der Waals surface area contributed by atoms with Crippen molar-refractivity contribution in [3.05, 3.63) is 65.2 Å². The van der Waals surface area contributed by atoms with Gasteiger partial charge in [-0.25, -0.2) is 0 Å². The van der Waals surface area contributed by atoms with Gasteiger partial charge in [0.05, 0.1) is 0 Å². The van der Waals surface area contributed by atoms with Crippen LogP contribution < -0.4 is 5.73 Å². The minimum Gasteiger partial charge on any atom is -0.399 e. The second-order valence-electron chi connectivity index (χ2n) is 7.96. The largest absolute Gasteiger partial charge is 0.399 e. The van der Waals surface area contributed by atoms with Crippen LogP contribution in [0.25, 0.3) is 0 Å². The molecule has 0 bridgehead atoms. The number of rotatable bonds is 5. The van der Waals surface area contributed by atoms with Crippen LogP contribution in [-0.2, 0) is 12.8 Å². The quantitative estimate of drug-likeness (QED) is 0.659. The van der Waals surface area contributed by atoms with Crippen molar-refractivity contribution in [2.24, 2.45) is 5.41 Å². The molecule has 1 nitrogen and oxygen atoms in total. The van der Waals surface area contributed by atoms with Crippen molar-refractivity contribution in [1.82, 2.24) is 0 Å². The maximum absolute atomic E-state index is 6.12. The fraction of sp³-hybridized carbons (Fsp3) is 0.478. The summed E-state index contributed by atoms with van der Waals surface area (Å²) in [5.74, 6) is 0.751. The molecule has 2 aromatic carbocycles. The maximum atomic E-state index is 6.12. The number of hydrogen-bond donors (Lipinski definition) is 1. The highest BCUT2D eigenvalue weighted by Gasteiger charge is 2.31. The van der Waals surface area contributed by atoms with Crippen LogP contribution in [0.1, 0.15) is 68.6 Å². The van der Waals surface area contributed by atoms with Gasteiger partial charge in [-0.2, -0.15) is 0 Å². The average Bonchev–Trinajstić information content (AvgIpc) is 2.59. The van der Waals surface area contributed by atoms with E-state index in [1.807, 2.05) is 0 Å². The molecular formula is C23H31N. The molecule has 1 aliphatic rings. The summed E-state index contributed by atoms with van der Waals surface area (Å²) in [6.45, 7) is 4.70. The van der Waals surface area contributed by atoms with Crippen LogP contribution in [0.4, 0.5) is 5.69 Å². The van der Waals surface area contributed by atoms with Crippen molar-refractivity contribution >= 4 is 5.69 Å². The smallest absolute Gasteiger partial charge is 0.0346 e. The highest BCUT2D eigenvalue weighted by molar-refractivity contribution is 5.48. The lowest BCUT2D eigenvalue weighted by Crippen LogP contribution is -2.26. The molecule has 0 saturated heterocycles. The first-order valence-electron chi connectivity index (χ1n) is 9.52. The Labute approximate surface area is 147 Å². The predicted molar refractivity (Wildman–Crippen MR) is 104 cm³/mol. The number of anilines is 1. The van der Waals surface area contributed by atoms with Gasteiger partial charge in [-0.3, -0.25) is 0 Å². The molecule has 0 aromatic heterocycles. The van der Waals surface area contributed by atoms with Gasteiger partial charge in [-0.05, 0) is 72.6 Å². The highest BCUT2D eigenvalue weighted by Crippen LogP contribution is 2.44. The molecule has 2 aromatic rings. The summed E-state index contributed by atoms with van der Waals surface area (Å²) in [5.41, 5.74) is 11.8. The van der Waals surface area contributed by atoms with E-state index in [0.29, 0.717) is 5.41 Å². The molecule has 24 heavy (non-hydrogen) atoms. The van der Waals surface area contributed by atoms with Crippen LogP contribution >= 0.6 is 0 Å². The van der Waals surface area contributed by atoms with Gasteiger partial charge in [0, 0.05) is 5.69 Å². The Morgan fingerprint density at radius 1 is 1.04 bits per heavy atom. The van der Waals surface area contributed by atoms with Crippen molar-refractivity contribution in [2.75, 3.05) is 5.73 Å². The fourth-order valence-corrected chi connectivity index (χ4v) is 4.30. The number of hydrogen-bond acceptors (Lipinski definition) is 1. The van der Waals surface area contributed by atoms with Gasteiger partial charge in [0.2, 0.25) is 0 Å². The second kappa shape index (κ2) is 7.42. The summed E-state index contributed by atoms with van der Waals surface area (Å²) in [6.07, 6.45) is 8.70. The molecule has 0 aliphatic heterocycles. The lowest BCUT2D eigenvalue weighted by Gasteiger charge is -2.38. The summed E-state index contributed by atoms with van der Waals surface area (Å²) in [5, 5.41) is 0. The molecule has 1 fully saturated rings. The zero-order valence-electron chi connectivity index (χ0n) is 15.2. The third-order valence-corrected chi connectivity index (χ3v) is 5.82. The Balaban J connectivity index is 1.65. The first-order chi connectivity index (χ1) is 11.6. The molecule has 1 heteroatoms. The van der Waals surface area contributed by atoms with E-state index in [9.17, 15) is 0 Å². The van der Waals surface area contributed by atoms with Gasteiger partial charge in [0.1, 0.15) is 0 Å². The maximum Gasteiger partial charge on any atom is 0.0346 e. The van der Waals surface area contributed by atoms with Gasteiger partial charge in [0.25, 0.3) is 0 Å². The number of nitrogens with two attached hydrogens (primary N) is 1. The molecule has 1 saturated carbocycles. The third kappa shape index (κ3) is 4.01. The van der Waals surface area contributed by atoms with E-state index in [-0.39, 0.29) is 0 Å². The lowest BCUT2D eigenvalue weighted by molar-refractivity contribution is 0.197. The Morgan fingerprint density at radius 2 is 1.75 bits per heavy atom. The van der Waals surface area contributed by atoms with Crippen molar-refractivity contribution < 1.29 is 0 Å². The van der Waals surface area contributed by atoms with Crippen molar-refractivity contribution in [3.8, 4) is 0 Å². The predicted octanol–water partition coefficient (Wildman–Crippen LogP) is 6.13. The molecule has 128 valence electrons. The first kappa shape index (κ1) is 17.1. The topological polar surface area (TPSA) is 26.0 Å². The standard InChI is InChI=1S/C23H31N/c1-3-7-21-16-18(10-11-22(21)24)17-23(2)14-12-20(13-15-23)19-8-5-4-6-9-19/h4-6,8-11,16,20H,3,7,12-15,17,24H2,1-2H3. The van der Waals surface area contributed by atoms with E-state index in [1.54, 1.807) is 0 Å². The average molecular weight is 322 g/mol. The van der Waals surface area contributed by atoms with Crippen LogP contribution in [0.2, 0.25) is 0 Å². The van der Waals surface area contributed by atoms with Crippen molar-refractivity contribution in [1.29, 1.82) is 0 Å². The Kier molecular flexibility index (Phi) is 5.28. The minimum absolute atomic E-state index is 0.435. The molecule has 0 unspecified atom stereocenters. The summed E-state index contributed by atoms with van der Waals surface area (Å²) in [4.78, 5) is 0. The van der Waals surface area contributed by atoms with Gasteiger partial charge in [-0.15, -0.1) is 0 Å². The molecule has 0 atom stereocenters. The Bertz CT molecular complexity index is 651. The van der Waals surface area contributed by atoms with Gasteiger partial charge < -0.3 is 5.73 Å². The summed E-state index contributed by atoms with van der Waals surface area (Å²) in [6, 6.07) is 17.8. The normalized spacial score (nSPS) is 24.0. The van der Waals surface area contributed by atoms with Crippen molar-refractivity contribution in [3.63, 3.8) is 0 Å². The van der Waals surface area contributed by atoms with E-state index < -0.39 is 0 Å². The number of benzene rings is 2. The van der Waals surface area contributed by atoms with Crippen LogP contribution in [0.15, 0.2) is 48.5 Å². The van der Waals surface area contributed by atoms with Gasteiger partial charge >= 0.3 is 0 Å². The molecule has 3 rings (SSSR count). The Morgan fingerprint density at radius 3 is 2.42 bits per heavy atom. The third-order valence-electron chi connectivity index (χ3n) is 5.82. The minimum atomic E-state index is 0.435. The molecular weight excluding hydrogens is 290 g/mol. The van der Waals surface area contributed by atoms with Crippen LogP contribution in [0, 0.1) is 5.41 Å². The van der Waals surface area contributed by atoms with E-state index in [0.717, 1.165) is 24.4 Å². The molecule has 2 N–H and O–H groups in total. The van der Waals surface area contributed by atoms with Crippen LogP contribution in [0.3, 0.4) is 0 Å². The van der Waals surface area contributed by atoms with Crippen LogP contribution in [-0.4, -0.2) is 0 Å². The number of aryl methyl sites for hydroxylation is 1. The second-order valence-corrected chi connectivity index (χ2v) is 7.96. The van der Waals surface area contributed by atoms with Gasteiger partial charge in [0.15, 0.2) is 0 Å². The SMILES string of the molecule is CCCc1cc(CC2(C)CCC(c3ccccc3)CC2)ccc1N. The highest BCUT2D eigenvalue weighted by atomic mass is 14.6. The molecule has 1 aliphatic carbocycles.